The highest BCUT2D eigenvalue weighted by Gasteiger charge is 2.39. The molecule has 0 aromatic heterocycles. The first kappa shape index (κ1) is 12.5. The normalized spacial score (nSPS) is 43.1. The molecule has 3 fully saturated rings. The van der Waals surface area contributed by atoms with Gasteiger partial charge in [-0.25, -0.2) is 0 Å². The number of hydrogen-bond donors (Lipinski definition) is 2. The minimum absolute atomic E-state index is 0.0856. The predicted molar refractivity (Wildman–Crippen MR) is 72.2 cm³/mol. The predicted octanol–water partition coefficient (Wildman–Crippen LogP) is 2.21. The van der Waals surface area contributed by atoms with Crippen LogP contribution in [-0.4, -0.2) is 24.0 Å². The maximum Gasteiger partial charge on any atom is 0.237 e. The molecule has 2 saturated carbocycles. The van der Waals surface area contributed by atoms with E-state index >= 15 is 0 Å². The van der Waals surface area contributed by atoms with Gasteiger partial charge in [0.25, 0.3) is 0 Å². The van der Waals surface area contributed by atoms with E-state index in [1.165, 1.54) is 44.9 Å². The molecule has 3 rings (SSSR count). The molecule has 1 heterocycles. The molecule has 0 aromatic carbocycles. The van der Waals surface area contributed by atoms with E-state index in [1.807, 2.05) is 0 Å². The molecule has 0 aromatic rings. The number of fused-ring (bicyclic) bond motifs is 1. The van der Waals surface area contributed by atoms with Crippen LogP contribution in [0.3, 0.4) is 0 Å². The summed E-state index contributed by atoms with van der Waals surface area (Å²) >= 11 is 0. The second-order valence-corrected chi connectivity index (χ2v) is 6.47. The van der Waals surface area contributed by atoms with Gasteiger partial charge >= 0.3 is 0 Å². The van der Waals surface area contributed by atoms with Crippen LogP contribution in [-0.2, 0) is 4.79 Å². The van der Waals surface area contributed by atoms with Crippen molar-refractivity contribution in [3.63, 3.8) is 0 Å². The fourth-order valence-corrected chi connectivity index (χ4v) is 3.86. The van der Waals surface area contributed by atoms with E-state index in [1.54, 1.807) is 0 Å². The van der Waals surface area contributed by atoms with Crippen LogP contribution in [0.15, 0.2) is 0 Å². The van der Waals surface area contributed by atoms with Gasteiger partial charge in [0, 0.05) is 12.1 Å². The summed E-state index contributed by atoms with van der Waals surface area (Å²) in [7, 11) is 0. The Morgan fingerprint density at radius 2 is 2.06 bits per heavy atom. The molecule has 18 heavy (non-hydrogen) atoms. The first-order chi connectivity index (χ1) is 8.78. The van der Waals surface area contributed by atoms with E-state index < -0.39 is 0 Å². The van der Waals surface area contributed by atoms with Gasteiger partial charge in [-0.15, -0.1) is 0 Å². The highest BCUT2D eigenvalue weighted by Crippen LogP contribution is 2.34. The Morgan fingerprint density at radius 3 is 2.83 bits per heavy atom. The minimum Gasteiger partial charge on any atom is -0.352 e. The van der Waals surface area contributed by atoms with Gasteiger partial charge in [-0.2, -0.15) is 0 Å². The van der Waals surface area contributed by atoms with Crippen LogP contribution in [0.1, 0.15) is 58.3 Å². The third kappa shape index (κ3) is 2.56. The third-order valence-electron chi connectivity index (χ3n) is 5.24. The van der Waals surface area contributed by atoms with Crippen molar-refractivity contribution in [3.05, 3.63) is 0 Å². The molecule has 2 aliphatic carbocycles. The van der Waals surface area contributed by atoms with Crippen LogP contribution in [0.2, 0.25) is 0 Å². The summed E-state index contributed by atoms with van der Waals surface area (Å²) in [5.41, 5.74) is 0. The summed E-state index contributed by atoms with van der Waals surface area (Å²) in [4.78, 5) is 12.2. The van der Waals surface area contributed by atoms with Gasteiger partial charge in [0.15, 0.2) is 0 Å². The Hall–Kier alpha value is -0.570. The number of amides is 1. The molecule has 3 aliphatic rings. The van der Waals surface area contributed by atoms with Crippen LogP contribution in [0, 0.1) is 11.8 Å². The molecule has 1 aliphatic heterocycles. The van der Waals surface area contributed by atoms with Crippen molar-refractivity contribution in [1.29, 1.82) is 0 Å². The molecular weight excluding hydrogens is 224 g/mol. The smallest absolute Gasteiger partial charge is 0.237 e. The second kappa shape index (κ2) is 5.20. The van der Waals surface area contributed by atoms with Crippen molar-refractivity contribution in [1.82, 2.24) is 10.6 Å². The average Bonchev–Trinajstić information content (AvgIpc) is 3.16. The Bertz CT molecular complexity index is 318. The quantitative estimate of drug-likeness (QED) is 0.806. The van der Waals surface area contributed by atoms with Crippen molar-refractivity contribution < 1.29 is 4.79 Å². The topological polar surface area (TPSA) is 41.1 Å². The lowest BCUT2D eigenvalue weighted by Gasteiger charge is -2.39. The van der Waals surface area contributed by atoms with Crippen molar-refractivity contribution >= 4 is 5.91 Å². The number of nitrogens with one attached hydrogen (secondary N) is 2. The molecule has 5 atom stereocenters. The average molecular weight is 250 g/mol. The second-order valence-electron chi connectivity index (χ2n) is 6.47. The van der Waals surface area contributed by atoms with Crippen LogP contribution in [0.25, 0.3) is 0 Å². The monoisotopic (exact) mass is 250 g/mol. The zero-order valence-electron chi connectivity index (χ0n) is 11.5. The molecule has 102 valence electrons. The fourth-order valence-electron chi connectivity index (χ4n) is 3.86. The molecule has 0 spiro atoms. The standard InChI is InChI=1S/C15H26N2O/c1-2-10-9-14(10)17-15(18)13-8-7-11-5-3-4-6-12(11)16-13/h10-14,16H,2-9H2,1H3,(H,17,18). The Morgan fingerprint density at radius 1 is 1.22 bits per heavy atom. The first-order valence-corrected chi connectivity index (χ1v) is 7.84. The summed E-state index contributed by atoms with van der Waals surface area (Å²) < 4.78 is 0. The number of carbonyl (C=O) groups excluding carboxylic acids is 1. The maximum absolute atomic E-state index is 12.2. The fraction of sp³-hybridized carbons (Fsp3) is 0.933. The van der Waals surface area contributed by atoms with Gasteiger partial charge < -0.3 is 10.6 Å². The number of rotatable bonds is 3. The van der Waals surface area contributed by atoms with Crippen molar-refractivity contribution in [2.75, 3.05) is 0 Å². The molecule has 0 bridgehead atoms. The van der Waals surface area contributed by atoms with Crippen LogP contribution >= 0.6 is 0 Å². The van der Waals surface area contributed by atoms with Gasteiger partial charge in [0.05, 0.1) is 6.04 Å². The van der Waals surface area contributed by atoms with E-state index in [-0.39, 0.29) is 11.9 Å². The van der Waals surface area contributed by atoms with E-state index in [9.17, 15) is 4.79 Å². The zero-order valence-corrected chi connectivity index (χ0v) is 11.5. The first-order valence-electron chi connectivity index (χ1n) is 7.84. The Labute approximate surface area is 110 Å². The van der Waals surface area contributed by atoms with Gasteiger partial charge in [0.1, 0.15) is 0 Å². The van der Waals surface area contributed by atoms with Gasteiger partial charge in [-0.05, 0) is 43.9 Å². The zero-order chi connectivity index (χ0) is 12.5. The van der Waals surface area contributed by atoms with Gasteiger partial charge in [-0.1, -0.05) is 26.2 Å². The van der Waals surface area contributed by atoms with E-state index in [4.69, 9.17) is 0 Å². The minimum atomic E-state index is 0.0856. The molecule has 1 saturated heterocycles. The largest absolute Gasteiger partial charge is 0.352 e. The van der Waals surface area contributed by atoms with Crippen LogP contribution in [0.5, 0.6) is 0 Å². The van der Waals surface area contributed by atoms with Crippen molar-refractivity contribution in [3.8, 4) is 0 Å². The van der Waals surface area contributed by atoms with Gasteiger partial charge in [-0.3, -0.25) is 4.79 Å². The number of piperidine rings is 1. The summed E-state index contributed by atoms with van der Waals surface area (Å²) in [6.45, 7) is 2.21. The molecule has 5 unspecified atom stereocenters. The van der Waals surface area contributed by atoms with E-state index in [0.29, 0.717) is 12.1 Å². The number of hydrogen-bond acceptors (Lipinski definition) is 2. The summed E-state index contributed by atoms with van der Waals surface area (Å²) in [6, 6.07) is 1.18. The molecular formula is C15H26N2O. The van der Waals surface area contributed by atoms with Gasteiger partial charge in [0.2, 0.25) is 5.91 Å². The molecule has 2 N–H and O–H groups in total. The Kier molecular flexibility index (Phi) is 3.60. The van der Waals surface area contributed by atoms with Crippen LogP contribution < -0.4 is 10.6 Å². The highest BCUT2D eigenvalue weighted by molar-refractivity contribution is 5.82. The van der Waals surface area contributed by atoms with E-state index in [0.717, 1.165) is 18.3 Å². The molecule has 3 nitrogen and oxygen atoms in total. The highest BCUT2D eigenvalue weighted by atomic mass is 16.2. The third-order valence-corrected chi connectivity index (χ3v) is 5.24. The lowest BCUT2D eigenvalue weighted by atomic mass is 9.77. The lowest BCUT2D eigenvalue weighted by Crippen LogP contribution is -2.55. The SMILES string of the molecule is CCC1CC1NC(=O)C1CCC2CCCCC2N1. The van der Waals surface area contributed by atoms with Crippen molar-refractivity contribution in [2.24, 2.45) is 11.8 Å². The molecule has 1 amide bonds. The molecule has 0 radical (unpaired) electrons. The Balaban J connectivity index is 1.49. The van der Waals surface area contributed by atoms with E-state index in [2.05, 4.69) is 17.6 Å². The maximum atomic E-state index is 12.2. The molecule has 3 heteroatoms. The summed E-state index contributed by atoms with van der Waals surface area (Å²) in [5, 5.41) is 6.83. The van der Waals surface area contributed by atoms with Crippen LogP contribution in [0.4, 0.5) is 0 Å². The lowest BCUT2D eigenvalue weighted by molar-refractivity contribution is -0.124. The van der Waals surface area contributed by atoms with Crippen molar-refractivity contribution in [2.45, 2.75) is 76.4 Å². The summed E-state index contributed by atoms with van der Waals surface area (Å²) in [5.74, 6) is 1.85. The summed E-state index contributed by atoms with van der Waals surface area (Å²) in [6.07, 6.45) is 10.0. The number of carbonyl (C=O) groups is 1.